The lowest BCUT2D eigenvalue weighted by Gasteiger charge is -2.09. The molecule has 0 unspecified atom stereocenters. The fourth-order valence-corrected chi connectivity index (χ4v) is 2.66. The number of H-pyrrole nitrogens is 1. The molecule has 0 aliphatic carbocycles. The van der Waals surface area contributed by atoms with Crippen LogP contribution in [0.4, 0.5) is 5.69 Å². The number of rotatable bonds is 4. The molecule has 0 aliphatic rings. The van der Waals surface area contributed by atoms with Gasteiger partial charge in [-0.2, -0.15) is 5.10 Å². The zero-order chi connectivity index (χ0) is 13.9. The molecule has 0 spiro atoms. The minimum atomic E-state index is 0.756. The summed E-state index contributed by atoms with van der Waals surface area (Å²) in [5.41, 5.74) is 3.30. The largest absolute Gasteiger partial charge is 0.496 e. The second kappa shape index (κ2) is 5.54. The van der Waals surface area contributed by atoms with Crippen molar-refractivity contribution in [2.75, 3.05) is 12.4 Å². The van der Waals surface area contributed by atoms with Gasteiger partial charge >= 0.3 is 0 Å². The summed E-state index contributed by atoms with van der Waals surface area (Å²) in [7, 11) is 1.66. The van der Waals surface area contributed by atoms with Gasteiger partial charge in [-0.15, -0.1) is 0 Å². The highest BCUT2D eigenvalue weighted by atomic mass is 79.9. The molecule has 0 bridgehead atoms. The van der Waals surface area contributed by atoms with Crippen molar-refractivity contribution in [3.8, 4) is 5.75 Å². The van der Waals surface area contributed by atoms with Crippen molar-refractivity contribution in [2.24, 2.45) is 0 Å². The van der Waals surface area contributed by atoms with E-state index in [0.29, 0.717) is 0 Å². The number of hydrogen-bond donors (Lipinski definition) is 2. The molecule has 2 aromatic carbocycles. The Morgan fingerprint density at radius 1 is 1.25 bits per heavy atom. The van der Waals surface area contributed by atoms with Crippen LogP contribution < -0.4 is 10.1 Å². The number of nitrogens with one attached hydrogen (secondary N) is 2. The van der Waals surface area contributed by atoms with Crippen molar-refractivity contribution in [1.29, 1.82) is 0 Å². The fraction of sp³-hybridized carbons (Fsp3) is 0.133. The highest BCUT2D eigenvalue weighted by Gasteiger charge is 2.02. The lowest BCUT2D eigenvalue weighted by molar-refractivity contribution is 0.412. The van der Waals surface area contributed by atoms with Gasteiger partial charge in [-0.25, -0.2) is 0 Å². The number of hydrogen-bond acceptors (Lipinski definition) is 3. The van der Waals surface area contributed by atoms with Crippen LogP contribution in [0.15, 0.2) is 47.1 Å². The molecule has 0 saturated carbocycles. The van der Waals surface area contributed by atoms with Crippen LogP contribution in [-0.4, -0.2) is 17.3 Å². The number of halogens is 1. The van der Waals surface area contributed by atoms with Crippen molar-refractivity contribution in [1.82, 2.24) is 10.2 Å². The van der Waals surface area contributed by atoms with E-state index in [0.717, 1.165) is 33.4 Å². The van der Waals surface area contributed by atoms with Crippen LogP contribution in [0.2, 0.25) is 0 Å². The van der Waals surface area contributed by atoms with Gasteiger partial charge in [-0.3, -0.25) is 5.10 Å². The molecule has 1 aromatic heterocycles. The molecule has 102 valence electrons. The number of ether oxygens (including phenoxy) is 1. The van der Waals surface area contributed by atoms with E-state index in [1.807, 2.05) is 30.5 Å². The van der Waals surface area contributed by atoms with Crippen LogP contribution >= 0.6 is 15.9 Å². The molecule has 0 aliphatic heterocycles. The van der Waals surface area contributed by atoms with Gasteiger partial charge in [0.05, 0.1) is 23.3 Å². The number of methoxy groups -OCH3 is 1. The van der Waals surface area contributed by atoms with E-state index < -0.39 is 0 Å². The number of aromatic nitrogens is 2. The number of benzene rings is 2. The molecule has 0 fully saturated rings. The molecule has 0 atom stereocenters. The number of aromatic amines is 1. The average molecular weight is 332 g/mol. The smallest absolute Gasteiger partial charge is 0.133 e. The number of fused-ring (bicyclic) bond motifs is 1. The Bertz CT molecular complexity index is 739. The van der Waals surface area contributed by atoms with Crippen LogP contribution in [0.25, 0.3) is 10.9 Å². The first-order valence-corrected chi connectivity index (χ1v) is 7.05. The van der Waals surface area contributed by atoms with E-state index >= 15 is 0 Å². The molecule has 3 aromatic rings. The summed E-state index contributed by atoms with van der Waals surface area (Å²) >= 11 is 3.50. The number of nitrogens with zero attached hydrogens (tertiary/aromatic N) is 1. The minimum Gasteiger partial charge on any atom is -0.496 e. The predicted molar refractivity (Wildman–Crippen MR) is 84.1 cm³/mol. The third-order valence-electron chi connectivity index (χ3n) is 3.15. The maximum atomic E-state index is 5.22. The van der Waals surface area contributed by atoms with Crippen molar-refractivity contribution < 1.29 is 4.74 Å². The van der Waals surface area contributed by atoms with E-state index in [1.165, 1.54) is 5.56 Å². The fourth-order valence-electron chi connectivity index (χ4n) is 2.08. The lowest BCUT2D eigenvalue weighted by atomic mass is 10.2. The number of anilines is 1. The van der Waals surface area contributed by atoms with Crippen molar-refractivity contribution in [3.63, 3.8) is 0 Å². The maximum absolute atomic E-state index is 5.22. The van der Waals surface area contributed by atoms with E-state index in [4.69, 9.17) is 4.74 Å². The van der Waals surface area contributed by atoms with Gasteiger partial charge in [0, 0.05) is 17.6 Å². The zero-order valence-corrected chi connectivity index (χ0v) is 12.6. The molecule has 4 nitrogen and oxygen atoms in total. The van der Waals surface area contributed by atoms with E-state index in [-0.39, 0.29) is 0 Å². The molecule has 0 radical (unpaired) electrons. The van der Waals surface area contributed by atoms with Gasteiger partial charge in [0.15, 0.2) is 0 Å². The Morgan fingerprint density at radius 3 is 2.95 bits per heavy atom. The summed E-state index contributed by atoms with van der Waals surface area (Å²) in [5, 5.41) is 11.5. The second-order valence-electron chi connectivity index (χ2n) is 4.49. The molecule has 20 heavy (non-hydrogen) atoms. The first-order chi connectivity index (χ1) is 9.76. The van der Waals surface area contributed by atoms with Crippen LogP contribution in [0.5, 0.6) is 5.75 Å². The first-order valence-electron chi connectivity index (χ1n) is 6.26. The van der Waals surface area contributed by atoms with Crippen molar-refractivity contribution >= 4 is 32.5 Å². The summed E-state index contributed by atoms with van der Waals surface area (Å²) in [6.07, 6.45) is 1.82. The molecular weight excluding hydrogens is 318 g/mol. The highest BCUT2D eigenvalue weighted by molar-refractivity contribution is 9.10. The second-order valence-corrected chi connectivity index (χ2v) is 5.35. The van der Waals surface area contributed by atoms with E-state index in [2.05, 4.69) is 43.6 Å². The van der Waals surface area contributed by atoms with Gasteiger partial charge in [0.25, 0.3) is 0 Å². The van der Waals surface area contributed by atoms with Crippen LogP contribution in [0.3, 0.4) is 0 Å². The van der Waals surface area contributed by atoms with Gasteiger partial charge < -0.3 is 10.1 Å². The Kier molecular flexibility index (Phi) is 3.60. The van der Waals surface area contributed by atoms with Crippen LogP contribution in [0, 0.1) is 0 Å². The Hall–Kier alpha value is -2.01. The summed E-state index contributed by atoms with van der Waals surface area (Å²) < 4.78 is 6.19. The molecule has 2 N–H and O–H groups in total. The molecule has 0 saturated heterocycles. The van der Waals surface area contributed by atoms with Gasteiger partial charge in [-0.1, -0.05) is 6.07 Å². The third kappa shape index (κ3) is 2.63. The zero-order valence-electron chi connectivity index (χ0n) is 11.0. The SMILES string of the molecule is COc1ccc(CNc2ccc3[nH]ncc3c2)cc1Br. The maximum Gasteiger partial charge on any atom is 0.133 e. The van der Waals surface area contributed by atoms with Crippen molar-refractivity contribution in [2.45, 2.75) is 6.54 Å². The van der Waals surface area contributed by atoms with E-state index in [1.54, 1.807) is 7.11 Å². The van der Waals surface area contributed by atoms with Crippen molar-refractivity contribution in [3.05, 3.63) is 52.6 Å². The normalized spacial score (nSPS) is 10.7. The van der Waals surface area contributed by atoms with E-state index in [9.17, 15) is 0 Å². The minimum absolute atomic E-state index is 0.756. The quantitative estimate of drug-likeness (QED) is 0.761. The molecule has 5 heteroatoms. The summed E-state index contributed by atoms with van der Waals surface area (Å²) in [6, 6.07) is 12.2. The van der Waals surface area contributed by atoms with Crippen LogP contribution in [-0.2, 0) is 6.54 Å². The third-order valence-corrected chi connectivity index (χ3v) is 3.77. The summed E-state index contributed by atoms with van der Waals surface area (Å²) in [4.78, 5) is 0. The summed E-state index contributed by atoms with van der Waals surface area (Å²) in [5.74, 6) is 0.841. The average Bonchev–Trinajstić information content (AvgIpc) is 2.92. The first kappa shape index (κ1) is 13.0. The molecule has 3 rings (SSSR count). The summed E-state index contributed by atoms with van der Waals surface area (Å²) in [6.45, 7) is 0.756. The van der Waals surface area contributed by atoms with Gasteiger partial charge in [0.2, 0.25) is 0 Å². The Balaban J connectivity index is 1.73. The van der Waals surface area contributed by atoms with Gasteiger partial charge in [0.1, 0.15) is 5.75 Å². The molecule has 0 amide bonds. The van der Waals surface area contributed by atoms with Crippen LogP contribution in [0.1, 0.15) is 5.56 Å². The Labute approximate surface area is 125 Å². The highest BCUT2D eigenvalue weighted by Crippen LogP contribution is 2.26. The molecule has 1 heterocycles. The molecular formula is C15H14BrN3O. The Morgan fingerprint density at radius 2 is 2.15 bits per heavy atom. The predicted octanol–water partition coefficient (Wildman–Crippen LogP) is 3.95. The monoisotopic (exact) mass is 331 g/mol. The lowest BCUT2D eigenvalue weighted by Crippen LogP contribution is -1.99. The standard InChI is InChI=1S/C15H14BrN3O/c1-20-15-5-2-10(6-13(15)16)8-17-12-3-4-14-11(7-12)9-18-19-14/h2-7,9,17H,8H2,1H3,(H,18,19). The topological polar surface area (TPSA) is 49.9 Å². The van der Waals surface area contributed by atoms with Gasteiger partial charge in [-0.05, 0) is 51.8 Å².